The van der Waals surface area contributed by atoms with Gasteiger partial charge in [0.1, 0.15) is 25.3 Å². The van der Waals surface area contributed by atoms with Gasteiger partial charge in [0.25, 0.3) is 0 Å². The molecule has 3 atom stereocenters. The number of likely N-dealkylation sites (tertiary alicyclic amines) is 1. The molecule has 1 fully saturated rings. The summed E-state index contributed by atoms with van der Waals surface area (Å²) in [5.74, 6) is -1.07. The van der Waals surface area contributed by atoms with E-state index in [1.807, 2.05) is 60.7 Å². The van der Waals surface area contributed by atoms with Crippen molar-refractivity contribution in [1.82, 2.24) is 10.2 Å². The summed E-state index contributed by atoms with van der Waals surface area (Å²) in [6.07, 6.45) is 1.30. The zero-order valence-electron chi connectivity index (χ0n) is 18.5. The van der Waals surface area contributed by atoms with Gasteiger partial charge in [-0.15, -0.1) is 0 Å². The van der Waals surface area contributed by atoms with Gasteiger partial charge >= 0.3 is 11.9 Å². The predicted octanol–water partition coefficient (Wildman–Crippen LogP) is 2.83. The van der Waals surface area contributed by atoms with Crippen molar-refractivity contribution in [2.24, 2.45) is 0 Å². The van der Waals surface area contributed by atoms with Gasteiger partial charge in [0, 0.05) is 6.54 Å². The van der Waals surface area contributed by atoms with Gasteiger partial charge in [-0.25, -0.2) is 4.79 Å². The number of esters is 2. The summed E-state index contributed by atoms with van der Waals surface area (Å²) in [5, 5.41) is 2.99. The van der Waals surface area contributed by atoms with Crippen LogP contribution in [0.3, 0.4) is 0 Å². The Kier molecular flexibility index (Phi) is 8.39. The lowest BCUT2D eigenvalue weighted by Crippen LogP contribution is -2.52. The first-order valence-electron chi connectivity index (χ1n) is 10.9. The van der Waals surface area contributed by atoms with Crippen LogP contribution in [0, 0.1) is 0 Å². The molecule has 1 amide bonds. The smallest absolute Gasteiger partial charge is 0.329 e. The summed E-state index contributed by atoms with van der Waals surface area (Å²) >= 11 is 0. The zero-order chi connectivity index (χ0) is 22.9. The van der Waals surface area contributed by atoms with Crippen LogP contribution in [0.1, 0.15) is 37.8 Å². The van der Waals surface area contributed by atoms with Crippen LogP contribution in [0.15, 0.2) is 60.7 Å². The maximum absolute atomic E-state index is 13.0. The maximum atomic E-state index is 13.0. The van der Waals surface area contributed by atoms with E-state index < -0.39 is 30.1 Å². The van der Waals surface area contributed by atoms with Crippen LogP contribution in [0.4, 0.5) is 0 Å². The SMILES string of the molecule is CC(N[C@@H](C)C(=O)N1CCC[C@H]1C(=O)OCc1ccccc1)C(=O)OCc1ccccc1. The minimum atomic E-state index is -0.663. The molecule has 1 heterocycles. The lowest BCUT2D eigenvalue weighted by atomic mass is 10.2. The fraction of sp³-hybridized carbons (Fsp3) is 0.400. The van der Waals surface area contributed by atoms with Crippen molar-refractivity contribution in [1.29, 1.82) is 0 Å². The quantitative estimate of drug-likeness (QED) is 0.606. The molecule has 1 unspecified atom stereocenters. The van der Waals surface area contributed by atoms with E-state index in [2.05, 4.69) is 5.32 Å². The van der Waals surface area contributed by atoms with E-state index in [-0.39, 0.29) is 19.1 Å². The average molecular weight is 439 g/mol. The first-order chi connectivity index (χ1) is 15.5. The van der Waals surface area contributed by atoms with E-state index >= 15 is 0 Å². The minimum absolute atomic E-state index is 0.176. The van der Waals surface area contributed by atoms with Gasteiger partial charge in [-0.1, -0.05) is 60.7 Å². The molecule has 2 aromatic rings. The third-order valence-electron chi connectivity index (χ3n) is 5.48. The minimum Gasteiger partial charge on any atom is -0.460 e. The first kappa shape index (κ1) is 23.5. The van der Waals surface area contributed by atoms with Gasteiger partial charge in [-0.3, -0.25) is 14.9 Å². The Morgan fingerprint density at radius 2 is 1.47 bits per heavy atom. The van der Waals surface area contributed by atoms with Gasteiger partial charge in [-0.2, -0.15) is 0 Å². The Labute approximate surface area is 188 Å². The van der Waals surface area contributed by atoms with Crippen molar-refractivity contribution in [3.05, 3.63) is 71.8 Å². The van der Waals surface area contributed by atoms with Gasteiger partial charge in [0.2, 0.25) is 5.91 Å². The lowest BCUT2D eigenvalue weighted by Gasteiger charge is -2.27. The monoisotopic (exact) mass is 438 g/mol. The van der Waals surface area contributed by atoms with Gasteiger partial charge in [-0.05, 0) is 37.8 Å². The Bertz CT molecular complexity index is 903. The summed E-state index contributed by atoms with van der Waals surface area (Å²) in [6, 6.07) is 16.9. The summed E-state index contributed by atoms with van der Waals surface area (Å²) < 4.78 is 10.8. The van der Waals surface area contributed by atoms with Gasteiger partial charge < -0.3 is 14.4 Å². The predicted molar refractivity (Wildman–Crippen MR) is 119 cm³/mol. The summed E-state index contributed by atoms with van der Waals surface area (Å²) in [5.41, 5.74) is 1.79. The van der Waals surface area contributed by atoms with Crippen LogP contribution in [0.5, 0.6) is 0 Å². The van der Waals surface area contributed by atoms with Crippen molar-refractivity contribution in [2.75, 3.05) is 6.54 Å². The lowest BCUT2D eigenvalue weighted by molar-refractivity contribution is -0.155. The summed E-state index contributed by atoms with van der Waals surface area (Å²) in [4.78, 5) is 39.4. The molecule has 0 saturated carbocycles. The fourth-order valence-electron chi connectivity index (χ4n) is 3.72. The fourth-order valence-corrected chi connectivity index (χ4v) is 3.72. The number of benzene rings is 2. The Balaban J connectivity index is 1.48. The molecule has 0 aliphatic carbocycles. The number of carbonyl (C=O) groups is 3. The third kappa shape index (κ3) is 6.40. The first-order valence-corrected chi connectivity index (χ1v) is 10.9. The zero-order valence-corrected chi connectivity index (χ0v) is 18.5. The number of hydrogen-bond acceptors (Lipinski definition) is 6. The maximum Gasteiger partial charge on any atom is 0.329 e. The highest BCUT2D eigenvalue weighted by molar-refractivity contribution is 5.88. The van der Waals surface area contributed by atoms with Crippen LogP contribution in [-0.4, -0.2) is 47.4 Å². The second kappa shape index (κ2) is 11.4. The molecule has 0 radical (unpaired) electrons. The van der Waals surface area contributed by atoms with E-state index in [4.69, 9.17) is 9.47 Å². The molecule has 3 rings (SSSR count). The Morgan fingerprint density at radius 1 is 0.906 bits per heavy atom. The van der Waals surface area contributed by atoms with Crippen LogP contribution in [0.2, 0.25) is 0 Å². The highest BCUT2D eigenvalue weighted by Gasteiger charge is 2.37. The summed E-state index contributed by atoms with van der Waals surface area (Å²) in [6.45, 7) is 4.19. The average Bonchev–Trinajstić information content (AvgIpc) is 3.31. The van der Waals surface area contributed by atoms with Gasteiger partial charge in [0.05, 0.1) is 6.04 Å². The van der Waals surface area contributed by atoms with Crippen molar-refractivity contribution < 1.29 is 23.9 Å². The summed E-state index contributed by atoms with van der Waals surface area (Å²) in [7, 11) is 0. The van der Waals surface area contributed by atoms with Crippen LogP contribution >= 0.6 is 0 Å². The number of ether oxygens (including phenoxy) is 2. The third-order valence-corrected chi connectivity index (χ3v) is 5.48. The van der Waals surface area contributed by atoms with E-state index in [9.17, 15) is 14.4 Å². The van der Waals surface area contributed by atoms with Gasteiger partial charge in [0.15, 0.2) is 0 Å². The molecule has 0 aromatic heterocycles. The molecule has 7 nitrogen and oxygen atoms in total. The molecule has 0 spiro atoms. The number of nitrogens with zero attached hydrogens (tertiary/aromatic N) is 1. The number of nitrogens with one attached hydrogen (secondary N) is 1. The standard InChI is InChI=1S/C25H30N2O5/c1-18(26-19(2)24(29)31-16-20-10-5-3-6-11-20)23(28)27-15-9-14-22(27)25(30)32-17-21-12-7-4-8-13-21/h3-8,10-13,18-19,22,26H,9,14-17H2,1-2H3/t18-,19?,22-/m0/s1. The molecule has 1 N–H and O–H groups in total. The van der Waals surface area contributed by atoms with E-state index in [1.165, 1.54) is 0 Å². The van der Waals surface area contributed by atoms with Crippen LogP contribution < -0.4 is 5.32 Å². The molecule has 32 heavy (non-hydrogen) atoms. The molecule has 1 saturated heterocycles. The number of amides is 1. The van der Waals surface area contributed by atoms with Crippen molar-refractivity contribution >= 4 is 17.8 Å². The molecule has 7 heteroatoms. The van der Waals surface area contributed by atoms with Crippen LogP contribution in [-0.2, 0) is 37.1 Å². The highest BCUT2D eigenvalue weighted by atomic mass is 16.5. The largest absolute Gasteiger partial charge is 0.460 e. The topological polar surface area (TPSA) is 84.9 Å². The second-order valence-electron chi connectivity index (χ2n) is 7.99. The van der Waals surface area contributed by atoms with E-state index in [0.717, 1.165) is 17.5 Å². The molecular weight excluding hydrogens is 408 g/mol. The highest BCUT2D eigenvalue weighted by Crippen LogP contribution is 2.20. The second-order valence-corrected chi connectivity index (χ2v) is 7.99. The number of carbonyl (C=O) groups excluding carboxylic acids is 3. The molecule has 170 valence electrons. The Morgan fingerprint density at radius 3 is 2.06 bits per heavy atom. The molecule has 1 aliphatic rings. The van der Waals surface area contributed by atoms with Crippen LogP contribution in [0.25, 0.3) is 0 Å². The molecule has 1 aliphatic heterocycles. The molecule has 0 bridgehead atoms. The number of hydrogen-bond donors (Lipinski definition) is 1. The number of rotatable bonds is 9. The van der Waals surface area contributed by atoms with Crippen molar-refractivity contribution in [3.8, 4) is 0 Å². The molecular formula is C25H30N2O5. The normalized spacial score (nSPS) is 17.4. The van der Waals surface area contributed by atoms with Crippen molar-refractivity contribution in [2.45, 2.75) is 58.0 Å². The molecule has 2 aromatic carbocycles. The van der Waals surface area contributed by atoms with E-state index in [1.54, 1.807) is 18.7 Å². The Hall–Kier alpha value is -3.19. The van der Waals surface area contributed by atoms with Crippen molar-refractivity contribution in [3.63, 3.8) is 0 Å². The van der Waals surface area contributed by atoms with E-state index in [0.29, 0.717) is 13.0 Å².